The van der Waals surface area contributed by atoms with Crippen molar-refractivity contribution in [2.45, 2.75) is 51.1 Å². The minimum Gasteiger partial charge on any atom is -0.467 e. The maximum absolute atomic E-state index is 12.2. The molecule has 0 radical (unpaired) electrons. The van der Waals surface area contributed by atoms with E-state index >= 15 is 0 Å². The highest BCUT2D eigenvalue weighted by molar-refractivity contribution is 5.92. The van der Waals surface area contributed by atoms with Gasteiger partial charge in [-0.25, -0.2) is 4.79 Å². The Morgan fingerprint density at radius 2 is 2.00 bits per heavy atom. The van der Waals surface area contributed by atoms with Gasteiger partial charge in [-0.05, 0) is 46.6 Å². The van der Waals surface area contributed by atoms with Gasteiger partial charge in [-0.2, -0.15) is 0 Å². The molecule has 1 atom stereocenters. The van der Waals surface area contributed by atoms with Crippen LogP contribution in [-0.4, -0.2) is 36.6 Å². The van der Waals surface area contributed by atoms with Gasteiger partial charge >= 0.3 is 5.97 Å². The SMILES string of the molecule is COC(=O)C(C)(C)NC(=O)C1(C)CCCCN1. The first-order valence-corrected chi connectivity index (χ1v) is 5.98. The molecule has 5 heteroatoms. The van der Waals surface area contributed by atoms with Crippen LogP contribution in [0, 0.1) is 0 Å². The second kappa shape index (κ2) is 5.04. The zero-order chi connectivity index (χ0) is 13.1. The zero-order valence-electron chi connectivity index (χ0n) is 11.1. The topological polar surface area (TPSA) is 67.4 Å². The number of carbonyl (C=O) groups excluding carboxylic acids is 2. The molecule has 0 aliphatic carbocycles. The molecule has 1 aliphatic rings. The summed E-state index contributed by atoms with van der Waals surface area (Å²) >= 11 is 0. The smallest absolute Gasteiger partial charge is 0.330 e. The molecule has 0 aromatic carbocycles. The molecule has 2 N–H and O–H groups in total. The fourth-order valence-electron chi connectivity index (χ4n) is 1.98. The van der Waals surface area contributed by atoms with Crippen molar-refractivity contribution in [3.8, 4) is 0 Å². The fraction of sp³-hybridized carbons (Fsp3) is 0.833. The molecule has 0 aromatic rings. The van der Waals surface area contributed by atoms with Crippen molar-refractivity contribution < 1.29 is 14.3 Å². The molecular weight excluding hydrogens is 220 g/mol. The van der Waals surface area contributed by atoms with E-state index in [1.54, 1.807) is 13.8 Å². The third-order valence-electron chi connectivity index (χ3n) is 3.24. The molecule has 0 aromatic heterocycles. The molecule has 17 heavy (non-hydrogen) atoms. The summed E-state index contributed by atoms with van der Waals surface area (Å²) in [6.45, 7) is 5.99. The van der Waals surface area contributed by atoms with Crippen LogP contribution >= 0.6 is 0 Å². The number of carbonyl (C=O) groups is 2. The lowest BCUT2D eigenvalue weighted by Crippen LogP contribution is -2.62. The maximum atomic E-state index is 12.2. The van der Waals surface area contributed by atoms with Gasteiger partial charge in [-0.3, -0.25) is 4.79 Å². The summed E-state index contributed by atoms with van der Waals surface area (Å²) in [5.74, 6) is -0.585. The molecular formula is C12H22N2O3. The Kier molecular flexibility index (Phi) is 4.14. The van der Waals surface area contributed by atoms with Crippen molar-refractivity contribution in [1.29, 1.82) is 0 Å². The van der Waals surface area contributed by atoms with Gasteiger partial charge in [-0.1, -0.05) is 0 Å². The number of piperidine rings is 1. The largest absolute Gasteiger partial charge is 0.467 e. The van der Waals surface area contributed by atoms with E-state index in [9.17, 15) is 9.59 Å². The van der Waals surface area contributed by atoms with E-state index in [0.29, 0.717) is 0 Å². The highest BCUT2D eigenvalue weighted by Gasteiger charge is 2.39. The number of ether oxygens (including phenoxy) is 1. The number of esters is 1. The van der Waals surface area contributed by atoms with Crippen LogP contribution in [0.15, 0.2) is 0 Å². The Morgan fingerprint density at radius 3 is 2.47 bits per heavy atom. The molecule has 1 aliphatic heterocycles. The zero-order valence-corrected chi connectivity index (χ0v) is 11.1. The van der Waals surface area contributed by atoms with Crippen molar-refractivity contribution >= 4 is 11.9 Å². The van der Waals surface area contributed by atoms with E-state index in [0.717, 1.165) is 25.8 Å². The van der Waals surface area contributed by atoms with Crippen molar-refractivity contribution in [1.82, 2.24) is 10.6 Å². The van der Waals surface area contributed by atoms with Gasteiger partial charge in [0.2, 0.25) is 5.91 Å². The first-order valence-electron chi connectivity index (χ1n) is 5.98. The van der Waals surface area contributed by atoms with E-state index in [4.69, 9.17) is 0 Å². The maximum Gasteiger partial charge on any atom is 0.330 e. The Labute approximate surface area is 102 Å². The number of nitrogens with one attached hydrogen (secondary N) is 2. The predicted octanol–water partition coefficient (Wildman–Crippen LogP) is 0.586. The lowest BCUT2D eigenvalue weighted by Gasteiger charge is -2.36. The van der Waals surface area contributed by atoms with Crippen LogP contribution < -0.4 is 10.6 Å². The average Bonchev–Trinajstić information content (AvgIpc) is 2.28. The van der Waals surface area contributed by atoms with Crippen molar-refractivity contribution in [3.05, 3.63) is 0 Å². The Bertz CT molecular complexity index is 307. The van der Waals surface area contributed by atoms with Crippen molar-refractivity contribution in [2.75, 3.05) is 13.7 Å². The van der Waals surface area contributed by atoms with Crippen molar-refractivity contribution in [3.63, 3.8) is 0 Å². The van der Waals surface area contributed by atoms with Crippen LogP contribution in [0.2, 0.25) is 0 Å². The van der Waals surface area contributed by atoms with Gasteiger partial charge in [0.05, 0.1) is 12.6 Å². The van der Waals surface area contributed by atoms with E-state index in [1.165, 1.54) is 7.11 Å². The van der Waals surface area contributed by atoms with E-state index in [2.05, 4.69) is 15.4 Å². The van der Waals surface area contributed by atoms with Crippen LogP contribution in [0.4, 0.5) is 0 Å². The number of methoxy groups -OCH3 is 1. The molecule has 98 valence electrons. The van der Waals surface area contributed by atoms with Gasteiger partial charge in [0.25, 0.3) is 0 Å². The molecule has 1 fully saturated rings. The fourth-order valence-corrected chi connectivity index (χ4v) is 1.98. The normalized spacial score (nSPS) is 25.2. The van der Waals surface area contributed by atoms with Gasteiger partial charge in [0.15, 0.2) is 0 Å². The first-order chi connectivity index (χ1) is 7.82. The van der Waals surface area contributed by atoms with E-state index < -0.39 is 17.0 Å². The molecule has 0 saturated carbocycles. The molecule has 1 rings (SSSR count). The molecule has 5 nitrogen and oxygen atoms in total. The average molecular weight is 242 g/mol. The van der Waals surface area contributed by atoms with Gasteiger partial charge in [0.1, 0.15) is 5.54 Å². The standard InChI is InChI=1S/C12H22N2O3/c1-11(2,10(16)17-4)14-9(15)12(3)7-5-6-8-13-12/h13H,5-8H2,1-4H3,(H,14,15). The third kappa shape index (κ3) is 3.19. The number of hydrogen-bond acceptors (Lipinski definition) is 4. The summed E-state index contributed by atoms with van der Waals surface area (Å²) in [5, 5.41) is 5.95. The monoisotopic (exact) mass is 242 g/mol. The summed E-state index contributed by atoms with van der Waals surface area (Å²) in [6.07, 6.45) is 2.90. The molecule has 1 heterocycles. The summed E-state index contributed by atoms with van der Waals surface area (Å²) in [5.41, 5.74) is -1.57. The lowest BCUT2D eigenvalue weighted by atomic mass is 9.89. The van der Waals surface area contributed by atoms with Gasteiger partial charge < -0.3 is 15.4 Å². The van der Waals surface area contributed by atoms with Crippen LogP contribution in [-0.2, 0) is 14.3 Å². The van der Waals surface area contributed by atoms with Crippen molar-refractivity contribution in [2.24, 2.45) is 0 Å². The van der Waals surface area contributed by atoms with Crippen LogP contribution in [0.5, 0.6) is 0 Å². The summed E-state index contributed by atoms with van der Waals surface area (Å²) in [7, 11) is 1.32. The predicted molar refractivity (Wildman–Crippen MR) is 64.5 cm³/mol. The quantitative estimate of drug-likeness (QED) is 0.711. The Morgan fingerprint density at radius 1 is 1.35 bits per heavy atom. The third-order valence-corrected chi connectivity index (χ3v) is 3.24. The van der Waals surface area contributed by atoms with Crippen LogP contribution in [0.1, 0.15) is 40.0 Å². The van der Waals surface area contributed by atoms with E-state index in [-0.39, 0.29) is 5.91 Å². The minimum absolute atomic E-state index is 0.146. The highest BCUT2D eigenvalue weighted by Crippen LogP contribution is 2.20. The minimum atomic E-state index is -0.992. The number of rotatable bonds is 3. The van der Waals surface area contributed by atoms with E-state index in [1.807, 2.05) is 6.92 Å². The molecule has 1 saturated heterocycles. The second-order valence-electron chi connectivity index (χ2n) is 5.29. The first kappa shape index (κ1) is 14.0. The Balaban J connectivity index is 2.68. The lowest BCUT2D eigenvalue weighted by molar-refractivity contribution is -0.150. The van der Waals surface area contributed by atoms with Crippen LogP contribution in [0.3, 0.4) is 0 Å². The number of hydrogen-bond donors (Lipinski definition) is 2. The summed E-state index contributed by atoms with van der Waals surface area (Å²) in [4.78, 5) is 23.7. The van der Waals surface area contributed by atoms with Gasteiger partial charge in [0, 0.05) is 0 Å². The summed E-state index contributed by atoms with van der Waals surface area (Å²) < 4.78 is 4.66. The van der Waals surface area contributed by atoms with Crippen LogP contribution in [0.25, 0.3) is 0 Å². The Hall–Kier alpha value is -1.10. The molecule has 0 spiro atoms. The second-order valence-corrected chi connectivity index (χ2v) is 5.29. The highest BCUT2D eigenvalue weighted by atomic mass is 16.5. The number of amides is 1. The molecule has 1 unspecified atom stereocenters. The molecule has 0 bridgehead atoms. The van der Waals surface area contributed by atoms with Gasteiger partial charge in [-0.15, -0.1) is 0 Å². The summed E-state index contributed by atoms with van der Waals surface area (Å²) in [6, 6.07) is 0. The molecule has 1 amide bonds.